The van der Waals surface area contributed by atoms with Gasteiger partial charge in [0.1, 0.15) is 6.54 Å². The summed E-state index contributed by atoms with van der Waals surface area (Å²) in [7, 11) is 0. The highest BCUT2D eigenvalue weighted by molar-refractivity contribution is 6.07. The summed E-state index contributed by atoms with van der Waals surface area (Å²) in [6.45, 7) is 0.309. The van der Waals surface area contributed by atoms with Gasteiger partial charge in [-0.3, -0.25) is 24.1 Å². The van der Waals surface area contributed by atoms with E-state index in [2.05, 4.69) is 6.07 Å². The van der Waals surface area contributed by atoms with Crippen molar-refractivity contribution < 1.29 is 23.9 Å². The van der Waals surface area contributed by atoms with Crippen LogP contribution in [-0.4, -0.2) is 53.2 Å². The van der Waals surface area contributed by atoms with Crippen molar-refractivity contribution in [1.82, 2.24) is 9.80 Å². The summed E-state index contributed by atoms with van der Waals surface area (Å²) in [6, 6.07) is 7.97. The maximum atomic E-state index is 12.4. The maximum Gasteiger partial charge on any atom is 0.326 e. The summed E-state index contributed by atoms with van der Waals surface area (Å²) < 4.78 is 5.08. The molecule has 2 atom stereocenters. The highest BCUT2D eigenvalue weighted by Crippen LogP contribution is 2.37. The van der Waals surface area contributed by atoms with Crippen molar-refractivity contribution in [3.05, 3.63) is 35.4 Å². The van der Waals surface area contributed by atoms with Gasteiger partial charge in [0, 0.05) is 13.1 Å². The molecular formula is C21H24N2O5. The number of amides is 3. The number of rotatable bonds is 4. The maximum absolute atomic E-state index is 12.4. The number of hydrogen-bond acceptors (Lipinski definition) is 5. The molecule has 1 aromatic rings. The zero-order chi connectivity index (χ0) is 19.7. The lowest BCUT2D eigenvalue weighted by Crippen LogP contribution is -2.40. The number of imide groups is 1. The highest BCUT2D eigenvalue weighted by atomic mass is 16.5. The van der Waals surface area contributed by atoms with Gasteiger partial charge >= 0.3 is 5.97 Å². The molecule has 0 aromatic heterocycles. The van der Waals surface area contributed by atoms with Crippen LogP contribution in [0.15, 0.2) is 24.3 Å². The van der Waals surface area contributed by atoms with E-state index in [1.165, 1.54) is 5.56 Å². The molecule has 2 fully saturated rings. The molecule has 0 spiro atoms. The minimum atomic E-state index is -0.717. The van der Waals surface area contributed by atoms with Crippen molar-refractivity contribution >= 4 is 23.7 Å². The number of nitrogens with zero attached hydrogens (tertiary/aromatic N) is 2. The van der Waals surface area contributed by atoms with E-state index < -0.39 is 12.5 Å². The van der Waals surface area contributed by atoms with Crippen LogP contribution in [-0.2, 0) is 36.9 Å². The molecule has 3 amide bonds. The molecule has 28 heavy (non-hydrogen) atoms. The predicted molar refractivity (Wildman–Crippen MR) is 98.7 cm³/mol. The highest BCUT2D eigenvalue weighted by Gasteiger charge is 2.48. The number of carbonyl (C=O) groups is 4. The van der Waals surface area contributed by atoms with Gasteiger partial charge in [0.25, 0.3) is 5.91 Å². The third-order valence-corrected chi connectivity index (χ3v) is 6.06. The molecule has 0 bridgehead atoms. The Hall–Kier alpha value is -2.70. The van der Waals surface area contributed by atoms with E-state index in [0.717, 1.165) is 29.7 Å². The number of benzene rings is 1. The Bertz CT molecular complexity index is 797. The monoisotopic (exact) mass is 384 g/mol. The number of carbonyl (C=O) groups excluding carboxylic acids is 4. The second-order valence-electron chi connectivity index (χ2n) is 7.75. The van der Waals surface area contributed by atoms with Crippen molar-refractivity contribution in [3.63, 3.8) is 0 Å². The molecule has 7 nitrogen and oxygen atoms in total. The van der Waals surface area contributed by atoms with Gasteiger partial charge < -0.3 is 9.64 Å². The Morgan fingerprint density at radius 1 is 1.00 bits per heavy atom. The molecule has 1 aromatic carbocycles. The molecule has 2 aliphatic heterocycles. The zero-order valence-electron chi connectivity index (χ0n) is 15.8. The Morgan fingerprint density at radius 3 is 2.32 bits per heavy atom. The largest absolute Gasteiger partial charge is 0.454 e. The van der Waals surface area contributed by atoms with Gasteiger partial charge in [0.05, 0.1) is 11.8 Å². The predicted octanol–water partition coefficient (Wildman–Crippen LogP) is 1.29. The molecule has 2 heterocycles. The van der Waals surface area contributed by atoms with Gasteiger partial charge in [0.15, 0.2) is 6.61 Å². The third kappa shape index (κ3) is 3.53. The Kier molecular flexibility index (Phi) is 5.15. The molecular weight excluding hydrogens is 360 g/mol. The minimum Gasteiger partial charge on any atom is -0.454 e. The Morgan fingerprint density at radius 2 is 1.64 bits per heavy atom. The first-order valence-electron chi connectivity index (χ1n) is 9.90. The fraction of sp³-hybridized carbons (Fsp3) is 0.524. The fourth-order valence-corrected chi connectivity index (χ4v) is 4.50. The van der Waals surface area contributed by atoms with E-state index in [9.17, 15) is 19.2 Å². The lowest BCUT2D eigenvalue weighted by molar-refractivity contribution is -0.157. The summed E-state index contributed by atoms with van der Waals surface area (Å²) in [5.41, 5.74) is 2.33. The molecule has 1 aliphatic carbocycles. The van der Waals surface area contributed by atoms with Crippen molar-refractivity contribution in [2.24, 2.45) is 11.8 Å². The number of likely N-dealkylation sites (tertiary alicyclic amines) is 1. The van der Waals surface area contributed by atoms with Crippen molar-refractivity contribution in [2.75, 3.05) is 19.7 Å². The Balaban J connectivity index is 1.28. The van der Waals surface area contributed by atoms with Crippen LogP contribution in [0.25, 0.3) is 0 Å². The number of hydrogen-bond donors (Lipinski definition) is 0. The molecule has 4 rings (SSSR count). The number of ether oxygens (including phenoxy) is 1. The topological polar surface area (TPSA) is 84.0 Å². The van der Waals surface area contributed by atoms with E-state index in [0.29, 0.717) is 25.9 Å². The van der Waals surface area contributed by atoms with Gasteiger partial charge in [-0.25, -0.2) is 0 Å². The standard InChI is InChI=1S/C21H24N2O5/c24-18(22-10-9-14-5-1-2-6-15(14)11-22)13-28-19(25)12-23-20(26)16-7-3-4-8-17(16)21(23)27/h1-2,5-6,16-17H,3-4,7-13H2. The number of fused-ring (bicyclic) bond motifs is 2. The van der Waals surface area contributed by atoms with Gasteiger partial charge in [-0.15, -0.1) is 0 Å². The first-order chi connectivity index (χ1) is 13.5. The van der Waals surface area contributed by atoms with Gasteiger partial charge in [0.2, 0.25) is 11.8 Å². The van der Waals surface area contributed by atoms with Crippen LogP contribution in [0.5, 0.6) is 0 Å². The van der Waals surface area contributed by atoms with E-state index in [4.69, 9.17) is 4.74 Å². The van der Waals surface area contributed by atoms with E-state index in [1.54, 1.807) is 4.90 Å². The summed E-state index contributed by atoms with van der Waals surface area (Å²) in [5, 5.41) is 0. The van der Waals surface area contributed by atoms with Gasteiger partial charge in [-0.2, -0.15) is 0 Å². The molecule has 148 valence electrons. The average Bonchev–Trinajstić information content (AvgIpc) is 2.97. The number of esters is 1. The van der Waals surface area contributed by atoms with Gasteiger partial charge in [-0.1, -0.05) is 37.1 Å². The molecule has 1 saturated carbocycles. The van der Waals surface area contributed by atoms with Crippen LogP contribution in [0.3, 0.4) is 0 Å². The average molecular weight is 384 g/mol. The molecule has 0 radical (unpaired) electrons. The summed E-state index contributed by atoms with van der Waals surface area (Å²) in [4.78, 5) is 52.0. The van der Waals surface area contributed by atoms with Crippen molar-refractivity contribution in [1.29, 1.82) is 0 Å². The second-order valence-corrected chi connectivity index (χ2v) is 7.75. The quantitative estimate of drug-likeness (QED) is 0.577. The summed E-state index contributed by atoms with van der Waals surface area (Å²) >= 11 is 0. The van der Waals surface area contributed by atoms with Crippen LogP contribution in [0.1, 0.15) is 36.8 Å². The third-order valence-electron chi connectivity index (χ3n) is 6.06. The second kappa shape index (κ2) is 7.73. The minimum absolute atomic E-state index is 0.268. The summed E-state index contributed by atoms with van der Waals surface area (Å²) in [6.07, 6.45) is 4.05. The SMILES string of the molecule is O=C(CN1C(=O)C2CCCCC2C1=O)OCC(=O)N1CCc2ccccc2C1. The Labute approximate surface area is 163 Å². The lowest BCUT2D eigenvalue weighted by Gasteiger charge is -2.28. The lowest BCUT2D eigenvalue weighted by atomic mass is 9.81. The zero-order valence-corrected chi connectivity index (χ0v) is 15.8. The molecule has 1 saturated heterocycles. The van der Waals surface area contributed by atoms with Gasteiger partial charge in [-0.05, 0) is 30.4 Å². The fourth-order valence-electron chi connectivity index (χ4n) is 4.50. The smallest absolute Gasteiger partial charge is 0.326 e. The van der Waals surface area contributed by atoms with Crippen LogP contribution < -0.4 is 0 Å². The van der Waals surface area contributed by atoms with Crippen molar-refractivity contribution in [2.45, 2.75) is 38.6 Å². The van der Waals surface area contributed by atoms with Crippen LogP contribution in [0, 0.1) is 11.8 Å². The molecule has 2 unspecified atom stereocenters. The summed E-state index contributed by atoms with van der Waals surface area (Å²) in [5.74, 6) is -2.11. The van der Waals surface area contributed by atoms with E-state index >= 15 is 0 Å². The molecule has 0 N–H and O–H groups in total. The van der Waals surface area contributed by atoms with Crippen LogP contribution in [0.4, 0.5) is 0 Å². The van der Waals surface area contributed by atoms with Crippen LogP contribution >= 0.6 is 0 Å². The van der Waals surface area contributed by atoms with E-state index in [-0.39, 0.29) is 36.2 Å². The normalized spacial score (nSPS) is 24.0. The van der Waals surface area contributed by atoms with Crippen LogP contribution in [0.2, 0.25) is 0 Å². The first kappa shape index (κ1) is 18.7. The first-order valence-corrected chi connectivity index (χ1v) is 9.90. The van der Waals surface area contributed by atoms with Crippen molar-refractivity contribution in [3.8, 4) is 0 Å². The molecule has 7 heteroatoms. The molecule has 3 aliphatic rings. The van der Waals surface area contributed by atoms with E-state index in [1.807, 2.05) is 18.2 Å².